The van der Waals surface area contributed by atoms with E-state index in [1.807, 2.05) is 0 Å². The van der Waals surface area contributed by atoms with Crippen molar-refractivity contribution in [2.75, 3.05) is 7.11 Å². The van der Waals surface area contributed by atoms with E-state index in [2.05, 4.69) is 0 Å². The average Bonchev–Trinajstić information content (AvgIpc) is 2.25. The van der Waals surface area contributed by atoms with Gasteiger partial charge in [-0.1, -0.05) is 0 Å². The standard InChI is InChI=1S/C12H15NO3.ClH/c1-12(2)11(13)10(14)8-5-4-7(15-3)6-9(8)16-12;/h4-6,11H,13H2,1-3H3;1H. The number of nitrogens with two attached hydrogens (primary N) is 1. The van der Waals surface area contributed by atoms with Gasteiger partial charge in [-0.25, -0.2) is 0 Å². The number of hydrogen-bond donors (Lipinski definition) is 1. The molecule has 0 saturated carbocycles. The Morgan fingerprint density at radius 1 is 1.41 bits per heavy atom. The van der Waals surface area contributed by atoms with Crippen molar-refractivity contribution < 1.29 is 14.3 Å². The van der Waals surface area contributed by atoms with Gasteiger partial charge in [0.25, 0.3) is 0 Å². The summed E-state index contributed by atoms with van der Waals surface area (Å²) in [5.74, 6) is 1.11. The molecule has 0 fully saturated rings. The normalized spacial score (nSPS) is 20.9. The van der Waals surface area contributed by atoms with Crippen molar-refractivity contribution in [3.63, 3.8) is 0 Å². The van der Waals surface area contributed by atoms with Crippen molar-refractivity contribution >= 4 is 18.2 Å². The molecule has 1 aromatic rings. The summed E-state index contributed by atoms with van der Waals surface area (Å²) < 4.78 is 10.8. The fourth-order valence-corrected chi connectivity index (χ4v) is 1.75. The van der Waals surface area contributed by atoms with Gasteiger partial charge in [-0.15, -0.1) is 12.4 Å². The highest BCUT2D eigenvalue weighted by Crippen LogP contribution is 2.34. The lowest BCUT2D eigenvalue weighted by atomic mass is 9.88. The third kappa shape index (κ3) is 2.23. The number of hydrogen-bond acceptors (Lipinski definition) is 4. The van der Waals surface area contributed by atoms with Gasteiger partial charge in [0.05, 0.1) is 12.7 Å². The number of fused-ring (bicyclic) bond motifs is 1. The quantitative estimate of drug-likeness (QED) is 0.833. The largest absolute Gasteiger partial charge is 0.497 e. The van der Waals surface area contributed by atoms with Gasteiger partial charge in [0.15, 0.2) is 5.78 Å². The molecule has 1 atom stereocenters. The fraction of sp³-hybridized carbons (Fsp3) is 0.417. The number of carbonyl (C=O) groups is 1. The minimum atomic E-state index is -0.684. The monoisotopic (exact) mass is 257 g/mol. The molecule has 0 bridgehead atoms. The zero-order valence-electron chi connectivity index (χ0n) is 10.0. The molecule has 0 amide bonds. The molecule has 0 spiro atoms. The molecule has 94 valence electrons. The third-order valence-electron chi connectivity index (χ3n) is 2.86. The summed E-state index contributed by atoms with van der Waals surface area (Å²) in [6.07, 6.45) is 0. The van der Waals surface area contributed by atoms with Gasteiger partial charge in [0.2, 0.25) is 0 Å². The lowest BCUT2D eigenvalue weighted by Gasteiger charge is -2.36. The van der Waals surface area contributed by atoms with Crippen LogP contribution in [0.25, 0.3) is 0 Å². The molecule has 2 N–H and O–H groups in total. The van der Waals surface area contributed by atoms with Crippen molar-refractivity contribution in [3.05, 3.63) is 23.8 Å². The first-order chi connectivity index (χ1) is 7.45. The van der Waals surface area contributed by atoms with Gasteiger partial charge in [-0.3, -0.25) is 4.79 Å². The van der Waals surface area contributed by atoms with E-state index in [1.165, 1.54) is 0 Å². The minimum absolute atomic E-state index is 0. The summed E-state index contributed by atoms with van der Waals surface area (Å²) in [5, 5.41) is 0. The first-order valence-corrected chi connectivity index (χ1v) is 5.12. The zero-order chi connectivity index (χ0) is 11.9. The molecular formula is C12H16ClNO3. The topological polar surface area (TPSA) is 61.6 Å². The van der Waals surface area contributed by atoms with Crippen LogP contribution in [0.15, 0.2) is 18.2 Å². The number of halogens is 1. The van der Waals surface area contributed by atoms with Crippen LogP contribution in [0.1, 0.15) is 24.2 Å². The van der Waals surface area contributed by atoms with Crippen LogP contribution >= 0.6 is 12.4 Å². The van der Waals surface area contributed by atoms with E-state index in [1.54, 1.807) is 39.2 Å². The molecule has 1 aliphatic rings. The Hall–Kier alpha value is -1.26. The molecule has 1 aliphatic heterocycles. The molecule has 0 saturated heterocycles. The lowest BCUT2D eigenvalue weighted by Crippen LogP contribution is -2.55. The van der Waals surface area contributed by atoms with Crippen LogP contribution in [0.5, 0.6) is 11.5 Å². The number of rotatable bonds is 1. The molecule has 2 rings (SSSR count). The highest BCUT2D eigenvalue weighted by Gasteiger charge is 2.40. The van der Waals surface area contributed by atoms with E-state index >= 15 is 0 Å². The van der Waals surface area contributed by atoms with Gasteiger partial charge >= 0.3 is 0 Å². The molecular weight excluding hydrogens is 242 g/mol. The van der Waals surface area contributed by atoms with Crippen LogP contribution in [-0.4, -0.2) is 24.5 Å². The van der Waals surface area contributed by atoms with Gasteiger partial charge < -0.3 is 15.2 Å². The summed E-state index contributed by atoms with van der Waals surface area (Å²) in [7, 11) is 1.57. The molecule has 5 heteroatoms. The molecule has 0 aliphatic carbocycles. The van der Waals surface area contributed by atoms with Crippen molar-refractivity contribution in [3.8, 4) is 11.5 Å². The Morgan fingerprint density at radius 2 is 2.06 bits per heavy atom. The summed E-state index contributed by atoms with van der Waals surface area (Å²) in [4.78, 5) is 12.0. The Balaban J connectivity index is 0.00000144. The first-order valence-electron chi connectivity index (χ1n) is 5.12. The summed E-state index contributed by atoms with van der Waals surface area (Å²) >= 11 is 0. The molecule has 0 aromatic heterocycles. The van der Waals surface area contributed by atoms with Gasteiger partial charge in [-0.05, 0) is 26.0 Å². The summed E-state index contributed by atoms with van der Waals surface area (Å²) in [6, 6.07) is 4.49. The van der Waals surface area contributed by atoms with Crippen molar-refractivity contribution in [2.24, 2.45) is 5.73 Å². The second kappa shape index (κ2) is 4.55. The Morgan fingerprint density at radius 3 is 2.65 bits per heavy atom. The smallest absolute Gasteiger partial charge is 0.187 e. The molecule has 1 unspecified atom stereocenters. The number of ketones is 1. The van der Waals surface area contributed by atoms with E-state index in [-0.39, 0.29) is 18.2 Å². The number of Topliss-reactive ketones (excluding diaryl/α,β-unsaturated/α-hetero) is 1. The number of benzene rings is 1. The SMILES string of the molecule is COc1ccc2c(c1)OC(C)(C)C(N)C2=O.Cl. The fourth-order valence-electron chi connectivity index (χ4n) is 1.75. The number of methoxy groups -OCH3 is 1. The van der Waals surface area contributed by atoms with E-state index < -0.39 is 11.6 Å². The number of carbonyl (C=O) groups excluding carboxylic acids is 1. The van der Waals surface area contributed by atoms with Crippen LogP contribution in [0.3, 0.4) is 0 Å². The Kier molecular flexibility index (Phi) is 3.69. The predicted octanol–water partition coefficient (Wildman–Crippen LogP) is 1.80. The minimum Gasteiger partial charge on any atom is -0.497 e. The van der Waals surface area contributed by atoms with Crippen LogP contribution in [-0.2, 0) is 0 Å². The highest BCUT2D eigenvalue weighted by molar-refractivity contribution is 6.04. The van der Waals surface area contributed by atoms with E-state index in [4.69, 9.17) is 15.2 Å². The van der Waals surface area contributed by atoms with Crippen LogP contribution < -0.4 is 15.2 Å². The maximum atomic E-state index is 12.0. The lowest BCUT2D eigenvalue weighted by molar-refractivity contribution is 0.0499. The van der Waals surface area contributed by atoms with E-state index in [9.17, 15) is 4.79 Å². The average molecular weight is 258 g/mol. The Bertz CT molecular complexity index is 445. The van der Waals surface area contributed by atoms with Crippen molar-refractivity contribution in [2.45, 2.75) is 25.5 Å². The van der Waals surface area contributed by atoms with E-state index in [0.29, 0.717) is 17.1 Å². The summed E-state index contributed by atoms with van der Waals surface area (Å²) in [5.41, 5.74) is 5.67. The second-order valence-corrected chi connectivity index (χ2v) is 4.41. The van der Waals surface area contributed by atoms with Crippen molar-refractivity contribution in [1.82, 2.24) is 0 Å². The number of ether oxygens (including phenoxy) is 2. The summed E-state index contributed by atoms with van der Waals surface area (Å²) in [6.45, 7) is 3.61. The van der Waals surface area contributed by atoms with Gasteiger partial charge in [0, 0.05) is 6.07 Å². The van der Waals surface area contributed by atoms with Crippen LogP contribution in [0.2, 0.25) is 0 Å². The van der Waals surface area contributed by atoms with E-state index in [0.717, 1.165) is 0 Å². The maximum Gasteiger partial charge on any atom is 0.187 e. The van der Waals surface area contributed by atoms with Crippen LogP contribution in [0.4, 0.5) is 0 Å². The third-order valence-corrected chi connectivity index (χ3v) is 2.86. The zero-order valence-corrected chi connectivity index (χ0v) is 10.8. The highest BCUT2D eigenvalue weighted by atomic mass is 35.5. The van der Waals surface area contributed by atoms with Gasteiger partial charge in [0.1, 0.15) is 23.1 Å². The first kappa shape index (κ1) is 13.8. The molecule has 0 radical (unpaired) electrons. The molecule has 4 nitrogen and oxygen atoms in total. The van der Waals surface area contributed by atoms with Crippen molar-refractivity contribution in [1.29, 1.82) is 0 Å². The molecule has 1 heterocycles. The van der Waals surface area contributed by atoms with Crippen LogP contribution in [0, 0.1) is 0 Å². The predicted molar refractivity (Wildman–Crippen MR) is 67.3 cm³/mol. The second-order valence-electron chi connectivity index (χ2n) is 4.41. The Labute approximate surface area is 106 Å². The van der Waals surface area contributed by atoms with Gasteiger partial charge in [-0.2, -0.15) is 0 Å². The maximum absolute atomic E-state index is 12.0. The molecule has 1 aromatic carbocycles. The molecule has 17 heavy (non-hydrogen) atoms.